The molecule has 1 saturated heterocycles. The van der Waals surface area contributed by atoms with Crippen LogP contribution in [0.3, 0.4) is 0 Å². The molecule has 1 unspecified atom stereocenters. The second-order valence-corrected chi connectivity index (χ2v) is 9.58. The van der Waals surface area contributed by atoms with E-state index in [9.17, 15) is 22.0 Å². The minimum Gasteiger partial charge on any atom is -0.444 e. The summed E-state index contributed by atoms with van der Waals surface area (Å²) in [6, 6.07) is -1.08. The molecule has 1 aliphatic rings. The van der Waals surface area contributed by atoms with Gasteiger partial charge in [-0.05, 0) is 34.1 Å². The number of nitrogens with one attached hydrogen (secondary N) is 1. The zero-order valence-electron chi connectivity index (χ0n) is 14.3. The molecule has 0 radical (unpaired) electrons. The number of ether oxygens (including phenoxy) is 1. The van der Waals surface area contributed by atoms with Gasteiger partial charge in [0.1, 0.15) is 5.60 Å². The fraction of sp³-hybridized carbons (Fsp3) is 0.929. The number of rotatable bonds is 5. The van der Waals surface area contributed by atoms with Crippen molar-refractivity contribution in [1.29, 1.82) is 0 Å². The van der Waals surface area contributed by atoms with Crippen LogP contribution in [-0.2, 0) is 14.8 Å². The van der Waals surface area contributed by atoms with Gasteiger partial charge in [-0.25, -0.2) is 26.7 Å². The molecule has 6 nitrogen and oxygen atoms in total. The molecule has 1 N–H and O–H groups in total. The number of halogens is 3. The van der Waals surface area contributed by atoms with Gasteiger partial charge in [0.2, 0.25) is 10.0 Å². The summed E-state index contributed by atoms with van der Waals surface area (Å²) in [4.78, 5) is 12.9. The summed E-state index contributed by atoms with van der Waals surface area (Å²) in [5.41, 5.74) is -0.826. The number of alkyl halides is 3. The molecule has 0 saturated carbocycles. The fourth-order valence-electron chi connectivity index (χ4n) is 2.30. The molecular weight excluding hydrogens is 366 g/mol. The Morgan fingerprint density at radius 1 is 1.46 bits per heavy atom. The van der Waals surface area contributed by atoms with Crippen LogP contribution in [0, 0.1) is 0 Å². The fourth-order valence-corrected chi connectivity index (χ4v) is 4.04. The molecule has 1 rings (SSSR count). The molecule has 0 aromatic heterocycles. The molecular formula is C14H25ClF2N2O4S. The molecule has 142 valence electrons. The second kappa shape index (κ2) is 7.70. The molecule has 10 heteroatoms. The van der Waals surface area contributed by atoms with E-state index in [0.717, 1.165) is 4.90 Å². The highest BCUT2D eigenvalue weighted by molar-refractivity contribution is 7.90. The van der Waals surface area contributed by atoms with E-state index in [4.69, 9.17) is 16.3 Å². The van der Waals surface area contributed by atoms with Crippen molar-refractivity contribution in [2.45, 2.75) is 63.4 Å². The molecule has 1 amide bonds. The van der Waals surface area contributed by atoms with Gasteiger partial charge in [-0.1, -0.05) is 0 Å². The maximum Gasteiger partial charge on any atom is 0.410 e. The molecule has 1 heterocycles. The first-order valence-corrected chi connectivity index (χ1v) is 9.77. The predicted molar refractivity (Wildman–Crippen MR) is 88.0 cm³/mol. The second-order valence-electron chi connectivity index (χ2n) is 7.07. The van der Waals surface area contributed by atoms with Crippen LogP contribution < -0.4 is 4.72 Å². The van der Waals surface area contributed by atoms with Crippen molar-refractivity contribution in [2.24, 2.45) is 0 Å². The Bertz CT molecular complexity index is 551. The Kier molecular flexibility index (Phi) is 6.85. The van der Waals surface area contributed by atoms with Crippen LogP contribution in [-0.4, -0.2) is 61.2 Å². The molecule has 0 aromatic rings. The van der Waals surface area contributed by atoms with E-state index < -0.39 is 51.9 Å². The summed E-state index contributed by atoms with van der Waals surface area (Å²) in [5.74, 6) is -3.05. The first-order valence-electron chi connectivity index (χ1n) is 7.68. The van der Waals surface area contributed by atoms with E-state index in [-0.39, 0.29) is 18.8 Å². The SMILES string of the molecule is CC(CCCl)S(=O)(=O)N[C@H]1CN(C(=O)OC(C)(C)C)CC(F)(F)C1. The highest BCUT2D eigenvalue weighted by atomic mass is 35.5. The number of carbonyl (C=O) groups is 1. The van der Waals surface area contributed by atoms with Gasteiger partial charge in [0.15, 0.2) is 0 Å². The van der Waals surface area contributed by atoms with E-state index in [1.807, 2.05) is 0 Å². The van der Waals surface area contributed by atoms with Crippen LogP contribution in [0.5, 0.6) is 0 Å². The third-order valence-corrected chi connectivity index (χ3v) is 5.61. The van der Waals surface area contributed by atoms with Crippen LogP contribution >= 0.6 is 11.6 Å². The molecule has 1 fully saturated rings. The standard InChI is InChI=1S/C14H25ClF2N2O4S/c1-10(5-6-15)24(21,22)18-11-7-14(16,17)9-19(8-11)12(20)23-13(2,3)4/h10-11,18H,5-9H2,1-4H3/t10?,11-/m1/s1. The third kappa shape index (κ3) is 6.68. The van der Waals surface area contributed by atoms with E-state index in [0.29, 0.717) is 0 Å². The predicted octanol–water partition coefficient (Wildman–Crippen LogP) is 2.57. The van der Waals surface area contributed by atoms with Crippen molar-refractivity contribution in [1.82, 2.24) is 9.62 Å². The minimum atomic E-state index is -3.80. The van der Waals surface area contributed by atoms with Gasteiger partial charge in [-0.15, -0.1) is 11.6 Å². The summed E-state index contributed by atoms with van der Waals surface area (Å²) in [6.45, 7) is 5.37. The molecule has 0 bridgehead atoms. The molecule has 2 atom stereocenters. The maximum atomic E-state index is 13.9. The van der Waals surface area contributed by atoms with Crippen molar-refractivity contribution in [3.63, 3.8) is 0 Å². The van der Waals surface area contributed by atoms with Crippen LogP contribution in [0.4, 0.5) is 13.6 Å². The van der Waals surface area contributed by atoms with Crippen molar-refractivity contribution in [2.75, 3.05) is 19.0 Å². The quantitative estimate of drug-likeness (QED) is 0.732. The first kappa shape index (κ1) is 21.4. The van der Waals surface area contributed by atoms with Crippen molar-refractivity contribution < 1.29 is 26.7 Å². The first-order chi connectivity index (χ1) is 10.8. The summed E-state index contributed by atoms with van der Waals surface area (Å²) in [7, 11) is -3.80. The van der Waals surface area contributed by atoms with Crippen LogP contribution in [0.25, 0.3) is 0 Å². The Labute approximate surface area is 146 Å². The largest absolute Gasteiger partial charge is 0.444 e. The smallest absolute Gasteiger partial charge is 0.410 e. The lowest BCUT2D eigenvalue weighted by Gasteiger charge is -2.38. The van der Waals surface area contributed by atoms with Crippen LogP contribution in [0.2, 0.25) is 0 Å². The topological polar surface area (TPSA) is 75.7 Å². The molecule has 0 spiro atoms. The Balaban J connectivity index is 2.84. The van der Waals surface area contributed by atoms with Gasteiger partial charge < -0.3 is 9.64 Å². The van der Waals surface area contributed by atoms with Crippen molar-refractivity contribution in [3.8, 4) is 0 Å². The molecule has 0 aliphatic carbocycles. The van der Waals surface area contributed by atoms with Crippen molar-refractivity contribution in [3.05, 3.63) is 0 Å². The van der Waals surface area contributed by atoms with E-state index >= 15 is 0 Å². The number of amides is 1. The Hall–Kier alpha value is -0.670. The van der Waals surface area contributed by atoms with E-state index in [1.54, 1.807) is 20.8 Å². The number of carbonyl (C=O) groups excluding carboxylic acids is 1. The summed E-state index contributed by atoms with van der Waals surface area (Å²) >= 11 is 5.54. The zero-order valence-corrected chi connectivity index (χ0v) is 15.9. The number of likely N-dealkylation sites (tertiary alicyclic amines) is 1. The zero-order chi connectivity index (χ0) is 18.8. The summed E-state index contributed by atoms with van der Waals surface area (Å²) in [5, 5.41) is -0.805. The van der Waals surface area contributed by atoms with Gasteiger partial charge in [-0.3, -0.25) is 0 Å². The molecule has 24 heavy (non-hydrogen) atoms. The van der Waals surface area contributed by atoms with E-state index in [2.05, 4.69) is 4.72 Å². The minimum absolute atomic E-state index is 0.146. The summed E-state index contributed by atoms with van der Waals surface area (Å²) in [6.07, 6.45) is -1.35. The number of hydrogen-bond acceptors (Lipinski definition) is 4. The van der Waals surface area contributed by atoms with E-state index in [1.165, 1.54) is 6.92 Å². The Morgan fingerprint density at radius 3 is 2.54 bits per heavy atom. The number of hydrogen-bond donors (Lipinski definition) is 1. The monoisotopic (exact) mass is 390 g/mol. The average molecular weight is 391 g/mol. The number of sulfonamides is 1. The normalized spacial score (nSPS) is 23.0. The van der Waals surface area contributed by atoms with Gasteiger partial charge in [0.05, 0.1) is 11.8 Å². The molecule has 1 aliphatic heterocycles. The van der Waals surface area contributed by atoms with Crippen LogP contribution in [0.15, 0.2) is 0 Å². The highest BCUT2D eigenvalue weighted by Crippen LogP contribution is 2.28. The van der Waals surface area contributed by atoms with Gasteiger partial charge in [0, 0.05) is 24.9 Å². The van der Waals surface area contributed by atoms with Crippen molar-refractivity contribution >= 4 is 27.7 Å². The Morgan fingerprint density at radius 2 is 2.04 bits per heavy atom. The maximum absolute atomic E-state index is 13.9. The molecule has 0 aromatic carbocycles. The number of nitrogens with zero attached hydrogens (tertiary/aromatic N) is 1. The lowest BCUT2D eigenvalue weighted by atomic mass is 10.0. The van der Waals surface area contributed by atoms with Gasteiger partial charge >= 0.3 is 6.09 Å². The summed E-state index contributed by atoms with van der Waals surface area (Å²) < 4.78 is 59.5. The number of piperidine rings is 1. The lowest BCUT2D eigenvalue weighted by molar-refractivity contribution is -0.0761. The lowest BCUT2D eigenvalue weighted by Crippen LogP contribution is -2.58. The van der Waals surface area contributed by atoms with Gasteiger partial charge in [0.25, 0.3) is 5.92 Å². The average Bonchev–Trinajstić information content (AvgIpc) is 2.34. The third-order valence-electron chi connectivity index (χ3n) is 3.44. The van der Waals surface area contributed by atoms with Crippen LogP contribution in [0.1, 0.15) is 40.5 Å². The highest BCUT2D eigenvalue weighted by Gasteiger charge is 2.44. The van der Waals surface area contributed by atoms with Gasteiger partial charge in [-0.2, -0.15) is 0 Å².